The summed E-state index contributed by atoms with van der Waals surface area (Å²) in [5.74, 6) is 0.610. The van der Waals surface area contributed by atoms with Crippen molar-refractivity contribution in [1.29, 1.82) is 0 Å². The third-order valence-electron chi connectivity index (χ3n) is 5.80. The van der Waals surface area contributed by atoms with E-state index >= 15 is 0 Å². The molecule has 0 N–H and O–H groups in total. The summed E-state index contributed by atoms with van der Waals surface area (Å²) in [6.45, 7) is 6.62. The summed E-state index contributed by atoms with van der Waals surface area (Å²) in [7, 11) is -3.65. The van der Waals surface area contributed by atoms with Gasteiger partial charge in [0.2, 0.25) is 15.9 Å². The first-order chi connectivity index (χ1) is 15.7. The van der Waals surface area contributed by atoms with Crippen molar-refractivity contribution in [3.63, 3.8) is 0 Å². The Bertz CT molecular complexity index is 1250. The average Bonchev–Trinajstić information content (AvgIpc) is 3.01. The van der Waals surface area contributed by atoms with Gasteiger partial charge in [-0.2, -0.15) is 4.31 Å². The molecule has 0 spiro atoms. The molecule has 0 saturated carbocycles. The molecule has 1 aliphatic heterocycles. The maximum absolute atomic E-state index is 13.2. The van der Waals surface area contributed by atoms with Crippen molar-refractivity contribution >= 4 is 21.6 Å². The molecular weight excluding hydrogens is 436 g/mol. The fourth-order valence-corrected chi connectivity index (χ4v) is 5.28. The van der Waals surface area contributed by atoms with E-state index in [0.717, 1.165) is 27.9 Å². The molecule has 0 bridgehead atoms. The van der Waals surface area contributed by atoms with Crippen LogP contribution in [0.2, 0.25) is 0 Å². The van der Waals surface area contributed by atoms with Gasteiger partial charge in [0.15, 0.2) is 0 Å². The van der Waals surface area contributed by atoms with E-state index in [4.69, 9.17) is 4.74 Å². The highest BCUT2D eigenvalue weighted by atomic mass is 32.2. The fraction of sp³-hybridized carbons (Fsp3) is 0.269. The van der Waals surface area contributed by atoms with E-state index in [2.05, 4.69) is 0 Å². The van der Waals surface area contributed by atoms with Gasteiger partial charge in [-0.3, -0.25) is 4.79 Å². The molecule has 6 nitrogen and oxygen atoms in total. The van der Waals surface area contributed by atoms with Gasteiger partial charge in [-0.1, -0.05) is 41.5 Å². The second kappa shape index (κ2) is 9.37. The zero-order chi connectivity index (χ0) is 23.6. The SMILES string of the molecule is CC(=O)N(Cc1ccc2c(c1)CN(S(=O)(=O)c1ccc(C)cc1)CCO2)c1ccc(C)cc1. The predicted molar refractivity (Wildman–Crippen MR) is 129 cm³/mol. The van der Waals surface area contributed by atoms with Crippen molar-refractivity contribution in [3.8, 4) is 5.75 Å². The molecule has 0 unspecified atom stereocenters. The van der Waals surface area contributed by atoms with Crippen LogP contribution < -0.4 is 9.64 Å². The topological polar surface area (TPSA) is 66.9 Å². The van der Waals surface area contributed by atoms with Gasteiger partial charge in [-0.15, -0.1) is 0 Å². The van der Waals surface area contributed by atoms with Crippen molar-refractivity contribution < 1.29 is 17.9 Å². The Kier molecular flexibility index (Phi) is 6.54. The van der Waals surface area contributed by atoms with Gasteiger partial charge in [0.25, 0.3) is 0 Å². The quantitative estimate of drug-likeness (QED) is 0.560. The van der Waals surface area contributed by atoms with E-state index in [-0.39, 0.29) is 30.5 Å². The third kappa shape index (κ3) is 5.10. The van der Waals surface area contributed by atoms with E-state index in [0.29, 0.717) is 12.3 Å². The van der Waals surface area contributed by atoms with Gasteiger partial charge in [-0.25, -0.2) is 8.42 Å². The second-order valence-corrected chi connectivity index (χ2v) is 10.3. The number of ether oxygens (including phenoxy) is 1. The van der Waals surface area contributed by atoms with Crippen LogP contribution >= 0.6 is 0 Å². The number of nitrogens with zero attached hydrogens (tertiary/aromatic N) is 2. The number of benzene rings is 3. The van der Waals surface area contributed by atoms with E-state index in [1.54, 1.807) is 36.1 Å². The highest BCUT2D eigenvalue weighted by molar-refractivity contribution is 7.89. The van der Waals surface area contributed by atoms with Crippen molar-refractivity contribution in [2.45, 2.75) is 38.8 Å². The van der Waals surface area contributed by atoms with Crippen LogP contribution in [-0.4, -0.2) is 31.8 Å². The van der Waals surface area contributed by atoms with E-state index < -0.39 is 10.0 Å². The molecule has 1 amide bonds. The molecule has 0 aliphatic carbocycles. The normalized spacial score (nSPS) is 14.2. The lowest BCUT2D eigenvalue weighted by Crippen LogP contribution is -2.32. The summed E-state index contributed by atoms with van der Waals surface area (Å²) in [5, 5.41) is 0. The van der Waals surface area contributed by atoms with E-state index in [1.807, 2.05) is 56.3 Å². The number of hydrogen-bond donors (Lipinski definition) is 0. The molecule has 1 heterocycles. The Morgan fingerprint density at radius 1 is 0.970 bits per heavy atom. The van der Waals surface area contributed by atoms with Crippen LogP contribution in [0.15, 0.2) is 71.6 Å². The number of hydrogen-bond acceptors (Lipinski definition) is 4. The summed E-state index contributed by atoms with van der Waals surface area (Å²) in [6, 6.07) is 20.4. The van der Waals surface area contributed by atoms with Crippen molar-refractivity contribution in [2.75, 3.05) is 18.1 Å². The number of anilines is 1. The second-order valence-electron chi connectivity index (χ2n) is 8.38. The molecule has 0 aromatic heterocycles. The number of sulfonamides is 1. The molecule has 3 aromatic rings. The highest BCUT2D eigenvalue weighted by Gasteiger charge is 2.28. The molecule has 3 aromatic carbocycles. The minimum Gasteiger partial charge on any atom is -0.492 e. The molecule has 1 aliphatic rings. The van der Waals surface area contributed by atoms with Crippen LogP contribution in [0, 0.1) is 13.8 Å². The first kappa shape index (κ1) is 23.0. The summed E-state index contributed by atoms with van der Waals surface area (Å²) >= 11 is 0. The van der Waals surface area contributed by atoms with Crippen molar-refractivity contribution in [2.24, 2.45) is 0 Å². The number of amides is 1. The Labute approximate surface area is 195 Å². The molecular formula is C26H28N2O4S. The molecule has 0 radical (unpaired) electrons. The Morgan fingerprint density at radius 2 is 1.61 bits per heavy atom. The Balaban J connectivity index is 1.61. The molecule has 0 atom stereocenters. The smallest absolute Gasteiger partial charge is 0.243 e. The third-order valence-corrected chi connectivity index (χ3v) is 7.65. The Morgan fingerprint density at radius 3 is 2.24 bits per heavy atom. The summed E-state index contributed by atoms with van der Waals surface area (Å²) in [6.07, 6.45) is 0. The fourth-order valence-electron chi connectivity index (χ4n) is 3.88. The summed E-state index contributed by atoms with van der Waals surface area (Å²) < 4.78 is 33.8. The highest BCUT2D eigenvalue weighted by Crippen LogP contribution is 2.29. The van der Waals surface area contributed by atoms with E-state index in [9.17, 15) is 13.2 Å². The van der Waals surface area contributed by atoms with Gasteiger partial charge >= 0.3 is 0 Å². The lowest BCUT2D eigenvalue weighted by Gasteiger charge is -2.23. The van der Waals surface area contributed by atoms with Gasteiger partial charge in [0.1, 0.15) is 12.4 Å². The van der Waals surface area contributed by atoms with Crippen LogP contribution in [0.4, 0.5) is 5.69 Å². The van der Waals surface area contributed by atoms with Gasteiger partial charge in [-0.05, 0) is 55.8 Å². The standard InChI is InChI=1S/C26H28N2O4S/c1-19-4-9-24(10-5-19)28(21(3)29)17-22-8-13-26-23(16-22)18-27(14-15-32-26)33(30,31)25-11-6-20(2)7-12-25/h4-13,16H,14-15,17-18H2,1-3H3. The molecule has 4 rings (SSSR count). The minimum absolute atomic E-state index is 0.0615. The lowest BCUT2D eigenvalue weighted by atomic mass is 10.1. The minimum atomic E-state index is -3.65. The predicted octanol–water partition coefficient (Wildman–Crippen LogP) is 4.44. The molecule has 172 valence electrons. The van der Waals surface area contributed by atoms with E-state index in [1.165, 1.54) is 4.31 Å². The number of fused-ring (bicyclic) bond motifs is 1. The number of aryl methyl sites for hydroxylation is 2. The van der Waals surface area contributed by atoms with Gasteiger partial charge in [0, 0.05) is 31.3 Å². The van der Waals surface area contributed by atoms with Crippen molar-refractivity contribution in [1.82, 2.24) is 4.31 Å². The van der Waals surface area contributed by atoms with Crippen LogP contribution in [0.5, 0.6) is 5.75 Å². The Hall–Kier alpha value is -3.16. The van der Waals surface area contributed by atoms with Crippen LogP contribution in [0.1, 0.15) is 29.2 Å². The molecule has 0 saturated heterocycles. The monoisotopic (exact) mass is 464 g/mol. The van der Waals surface area contributed by atoms with Crippen molar-refractivity contribution in [3.05, 3.63) is 89.0 Å². The lowest BCUT2D eigenvalue weighted by molar-refractivity contribution is -0.116. The maximum Gasteiger partial charge on any atom is 0.243 e. The van der Waals surface area contributed by atoms with Crippen LogP contribution in [0.25, 0.3) is 0 Å². The largest absolute Gasteiger partial charge is 0.492 e. The first-order valence-electron chi connectivity index (χ1n) is 10.9. The average molecular weight is 465 g/mol. The molecule has 0 fully saturated rings. The van der Waals surface area contributed by atoms with Gasteiger partial charge in [0.05, 0.1) is 11.4 Å². The molecule has 33 heavy (non-hydrogen) atoms. The number of carbonyl (C=O) groups is 1. The molecule has 7 heteroatoms. The maximum atomic E-state index is 13.2. The van der Waals surface area contributed by atoms with Gasteiger partial charge < -0.3 is 9.64 Å². The number of carbonyl (C=O) groups excluding carboxylic acids is 1. The van der Waals surface area contributed by atoms with Crippen LogP contribution in [-0.2, 0) is 27.9 Å². The zero-order valence-corrected chi connectivity index (χ0v) is 19.9. The summed E-state index contributed by atoms with van der Waals surface area (Å²) in [5.41, 5.74) is 4.64. The summed E-state index contributed by atoms with van der Waals surface area (Å²) in [4.78, 5) is 14.3. The first-order valence-corrected chi connectivity index (χ1v) is 12.3. The zero-order valence-electron chi connectivity index (χ0n) is 19.1. The number of rotatable bonds is 5. The van der Waals surface area contributed by atoms with Crippen LogP contribution in [0.3, 0.4) is 0 Å².